The van der Waals surface area contributed by atoms with Crippen LogP contribution in [0.2, 0.25) is 0 Å². The van der Waals surface area contributed by atoms with Crippen LogP contribution in [0.5, 0.6) is 0 Å². The Balaban J connectivity index is 2.05. The van der Waals surface area contributed by atoms with E-state index in [-0.39, 0.29) is 0 Å². The first-order valence-corrected chi connectivity index (χ1v) is 7.05. The first kappa shape index (κ1) is 14.4. The molecule has 2 aromatic heterocycles. The monoisotopic (exact) mass is 272 g/mol. The summed E-state index contributed by atoms with van der Waals surface area (Å²) in [7, 11) is 3.99. The van der Waals surface area contributed by atoms with Crippen LogP contribution in [0.1, 0.15) is 23.9 Å². The Labute approximate surface area is 121 Å². The zero-order valence-corrected chi connectivity index (χ0v) is 13.1. The lowest BCUT2D eigenvalue weighted by atomic mass is 10.2. The summed E-state index contributed by atoms with van der Waals surface area (Å²) < 4.78 is 2.34. The molecule has 0 saturated carbocycles. The molecule has 0 aromatic carbocycles. The van der Waals surface area contributed by atoms with E-state index in [1.807, 2.05) is 31.3 Å². The van der Waals surface area contributed by atoms with Crippen LogP contribution in [0.25, 0.3) is 0 Å². The van der Waals surface area contributed by atoms with Crippen molar-refractivity contribution in [1.29, 1.82) is 0 Å². The van der Waals surface area contributed by atoms with Crippen LogP contribution in [0, 0.1) is 13.8 Å². The Kier molecular flexibility index (Phi) is 4.32. The van der Waals surface area contributed by atoms with E-state index in [2.05, 4.69) is 47.8 Å². The molecule has 108 valence electrons. The van der Waals surface area contributed by atoms with Gasteiger partial charge in [0.2, 0.25) is 0 Å². The van der Waals surface area contributed by atoms with Gasteiger partial charge in [-0.25, -0.2) is 4.98 Å². The van der Waals surface area contributed by atoms with Gasteiger partial charge >= 0.3 is 0 Å². The van der Waals surface area contributed by atoms with Crippen molar-refractivity contribution in [2.45, 2.75) is 33.9 Å². The van der Waals surface area contributed by atoms with Gasteiger partial charge in [-0.3, -0.25) is 0 Å². The lowest BCUT2D eigenvalue weighted by Gasteiger charge is -2.12. The van der Waals surface area contributed by atoms with E-state index in [1.54, 1.807) is 0 Å². The zero-order chi connectivity index (χ0) is 14.7. The van der Waals surface area contributed by atoms with Gasteiger partial charge in [0.25, 0.3) is 0 Å². The van der Waals surface area contributed by atoms with Crippen LogP contribution < -0.4 is 10.2 Å². The maximum absolute atomic E-state index is 4.41. The third-order valence-corrected chi connectivity index (χ3v) is 3.68. The molecule has 20 heavy (non-hydrogen) atoms. The zero-order valence-electron chi connectivity index (χ0n) is 13.1. The number of pyridine rings is 1. The molecule has 2 heterocycles. The minimum absolute atomic E-state index is 0.836. The molecule has 1 N–H and O–H groups in total. The van der Waals surface area contributed by atoms with Gasteiger partial charge in [-0.2, -0.15) is 0 Å². The summed E-state index contributed by atoms with van der Waals surface area (Å²) in [5, 5.41) is 3.44. The van der Waals surface area contributed by atoms with Crippen molar-refractivity contribution in [3.8, 4) is 0 Å². The summed E-state index contributed by atoms with van der Waals surface area (Å²) in [6.07, 6.45) is 1.88. The van der Waals surface area contributed by atoms with Crippen molar-refractivity contribution >= 4 is 11.5 Å². The number of nitrogens with zero attached hydrogens (tertiary/aromatic N) is 3. The summed E-state index contributed by atoms with van der Waals surface area (Å²) >= 11 is 0. The molecule has 0 spiro atoms. The van der Waals surface area contributed by atoms with E-state index in [0.717, 1.165) is 24.6 Å². The first-order valence-electron chi connectivity index (χ1n) is 7.05. The molecular weight excluding hydrogens is 248 g/mol. The molecule has 2 rings (SSSR count). The molecule has 2 aromatic rings. The number of aryl methyl sites for hydroxylation is 1. The number of hydrogen-bond donors (Lipinski definition) is 1. The summed E-state index contributed by atoms with van der Waals surface area (Å²) in [5.74, 6) is 0.972. The fraction of sp³-hybridized carbons (Fsp3) is 0.438. The molecule has 0 atom stereocenters. The van der Waals surface area contributed by atoms with Gasteiger partial charge in [0.15, 0.2) is 0 Å². The molecule has 0 aliphatic carbocycles. The summed E-state index contributed by atoms with van der Waals surface area (Å²) in [5.41, 5.74) is 5.07. The molecule has 0 bridgehead atoms. The van der Waals surface area contributed by atoms with Gasteiger partial charge in [0.1, 0.15) is 5.82 Å². The van der Waals surface area contributed by atoms with Crippen molar-refractivity contribution in [3.05, 3.63) is 41.3 Å². The molecule has 0 radical (unpaired) electrons. The van der Waals surface area contributed by atoms with Gasteiger partial charge in [-0.15, -0.1) is 0 Å². The quantitative estimate of drug-likeness (QED) is 0.907. The maximum atomic E-state index is 4.41. The number of aromatic nitrogens is 2. The molecule has 0 aliphatic rings. The highest BCUT2D eigenvalue weighted by Crippen LogP contribution is 2.17. The van der Waals surface area contributed by atoms with Gasteiger partial charge in [-0.1, -0.05) is 0 Å². The Morgan fingerprint density at radius 1 is 1.25 bits per heavy atom. The average molecular weight is 272 g/mol. The molecule has 0 fully saturated rings. The third-order valence-electron chi connectivity index (χ3n) is 3.68. The van der Waals surface area contributed by atoms with E-state index >= 15 is 0 Å². The van der Waals surface area contributed by atoms with Gasteiger partial charge in [0.05, 0.1) is 11.9 Å². The Hall–Kier alpha value is -1.97. The van der Waals surface area contributed by atoms with Gasteiger partial charge < -0.3 is 14.8 Å². The van der Waals surface area contributed by atoms with Crippen LogP contribution >= 0.6 is 0 Å². The highest BCUT2D eigenvalue weighted by molar-refractivity contribution is 5.48. The van der Waals surface area contributed by atoms with E-state index in [4.69, 9.17) is 0 Å². The minimum atomic E-state index is 0.836. The Morgan fingerprint density at radius 3 is 2.50 bits per heavy atom. The van der Waals surface area contributed by atoms with E-state index in [9.17, 15) is 0 Å². The largest absolute Gasteiger partial charge is 0.380 e. The topological polar surface area (TPSA) is 33.1 Å². The lowest BCUT2D eigenvalue weighted by molar-refractivity contribution is 0.715. The standard InChI is InChI=1S/C16H24N4/c1-6-20-12(2)9-14(13(20)3)10-17-15-7-8-16(18-11-15)19(4)5/h7-9,11,17H,6,10H2,1-5H3. The lowest BCUT2D eigenvalue weighted by Crippen LogP contribution is -2.10. The molecule has 0 aliphatic heterocycles. The first-order chi connectivity index (χ1) is 9.52. The molecular formula is C16H24N4. The van der Waals surface area contributed by atoms with Crippen molar-refractivity contribution in [3.63, 3.8) is 0 Å². The molecule has 0 unspecified atom stereocenters. The van der Waals surface area contributed by atoms with Crippen LogP contribution in [0.4, 0.5) is 11.5 Å². The average Bonchev–Trinajstić information content (AvgIpc) is 2.71. The molecule has 4 nitrogen and oxygen atoms in total. The van der Waals surface area contributed by atoms with Gasteiger partial charge in [-0.05, 0) is 44.5 Å². The maximum Gasteiger partial charge on any atom is 0.128 e. The van der Waals surface area contributed by atoms with Crippen molar-refractivity contribution in [2.24, 2.45) is 0 Å². The Morgan fingerprint density at radius 2 is 2.00 bits per heavy atom. The predicted octanol–water partition coefficient (Wildman–Crippen LogP) is 3.20. The SMILES string of the molecule is CCn1c(C)cc(CNc2ccc(N(C)C)nc2)c1C. The van der Waals surface area contributed by atoms with Gasteiger partial charge in [0, 0.05) is 38.6 Å². The number of anilines is 2. The normalized spacial score (nSPS) is 10.7. The molecule has 0 saturated heterocycles. The highest BCUT2D eigenvalue weighted by Gasteiger charge is 2.07. The molecule has 0 amide bonds. The smallest absolute Gasteiger partial charge is 0.128 e. The minimum Gasteiger partial charge on any atom is -0.380 e. The summed E-state index contributed by atoms with van der Waals surface area (Å²) in [6, 6.07) is 6.35. The summed E-state index contributed by atoms with van der Waals surface area (Å²) in [6.45, 7) is 8.38. The fourth-order valence-electron chi connectivity index (χ4n) is 2.49. The number of rotatable bonds is 5. The molecule has 4 heteroatoms. The second-order valence-electron chi connectivity index (χ2n) is 5.29. The second-order valence-corrected chi connectivity index (χ2v) is 5.29. The Bertz CT molecular complexity index is 567. The van der Waals surface area contributed by atoms with E-state index in [0.29, 0.717) is 0 Å². The van der Waals surface area contributed by atoms with Crippen molar-refractivity contribution in [2.75, 3.05) is 24.3 Å². The van der Waals surface area contributed by atoms with Crippen LogP contribution in [0.15, 0.2) is 24.4 Å². The van der Waals surface area contributed by atoms with Crippen LogP contribution in [-0.2, 0) is 13.1 Å². The van der Waals surface area contributed by atoms with Crippen LogP contribution in [-0.4, -0.2) is 23.6 Å². The number of nitrogens with one attached hydrogen (secondary N) is 1. The van der Waals surface area contributed by atoms with E-state index < -0.39 is 0 Å². The number of hydrogen-bond acceptors (Lipinski definition) is 3. The van der Waals surface area contributed by atoms with Crippen LogP contribution in [0.3, 0.4) is 0 Å². The predicted molar refractivity (Wildman–Crippen MR) is 85.5 cm³/mol. The fourth-order valence-corrected chi connectivity index (χ4v) is 2.49. The van der Waals surface area contributed by atoms with Crippen molar-refractivity contribution in [1.82, 2.24) is 9.55 Å². The highest BCUT2D eigenvalue weighted by atomic mass is 15.1. The van der Waals surface area contributed by atoms with E-state index in [1.165, 1.54) is 17.0 Å². The second kappa shape index (κ2) is 5.99. The van der Waals surface area contributed by atoms with Crippen molar-refractivity contribution < 1.29 is 0 Å². The third kappa shape index (κ3) is 2.95. The summed E-state index contributed by atoms with van der Waals surface area (Å²) in [4.78, 5) is 6.41.